The molecule has 0 aromatic heterocycles. The molecule has 25 heavy (non-hydrogen) atoms. The molecule has 0 saturated heterocycles. The molecule has 1 heterocycles. The van der Waals surface area contributed by atoms with E-state index in [1.807, 2.05) is 6.07 Å². The Labute approximate surface area is 147 Å². The zero-order valence-corrected chi connectivity index (χ0v) is 15.0. The van der Waals surface area contributed by atoms with E-state index in [0.717, 1.165) is 0 Å². The zero-order chi connectivity index (χ0) is 18.0. The second-order valence-corrected chi connectivity index (χ2v) is 7.52. The molecule has 1 amide bonds. The minimum absolute atomic E-state index is 0.0976. The van der Waals surface area contributed by atoms with Crippen LogP contribution in [0.15, 0.2) is 53.4 Å². The fourth-order valence-electron chi connectivity index (χ4n) is 2.90. The summed E-state index contributed by atoms with van der Waals surface area (Å²) >= 11 is 0. The molecule has 0 fully saturated rings. The molecule has 2 aromatic rings. The lowest BCUT2D eigenvalue weighted by Gasteiger charge is -2.29. The van der Waals surface area contributed by atoms with E-state index in [-0.39, 0.29) is 10.8 Å². The molecule has 3 rings (SSSR count). The Hall–Kier alpha value is -2.54. The van der Waals surface area contributed by atoms with Gasteiger partial charge in [-0.2, -0.15) is 0 Å². The number of rotatable bonds is 4. The third kappa shape index (κ3) is 3.19. The van der Waals surface area contributed by atoms with Crippen LogP contribution in [0.4, 0.5) is 11.4 Å². The predicted molar refractivity (Wildman–Crippen MR) is 96.6 cm³/mol. The van der Waals surface area contributed by atoms with Crippen LogP contribution in [0.2, 0.25) is 0 Å². The fraction of sp³-hybridized carbons (Fsp3) is 0.278. The summed E-state index contributed by atoms with van der Waals surface area (Å²) in [6.45, 7) is 4.38. The number of carbonyl (C=O) groups is 1. The van der Waals surface area contributed by atoms with Crippen molar-refractivity contribution in [3.05, 3.63) is 48.5 Å². The molecule has 1 aliphatic rings. The van der Waals surface area contributed by atoms with Gasteiger partial charge in [-0.3, -0.25) is 9.10 Å². The molecule has 0 bridgehead atoms. The molecular weight excluding hydrogens is 340 g/mol. The van der Waals surface area contributed by atoms with Gasteiger partial charge in [0.15, 0.2) is 0 Å². The standard InChI is InChI=1S/C18H20N2O4S/c1-3-20(15-7-5-4-6-8-15)25(22,23)16-9-10-17-18(13-16)24-12-11-19(17)14(2)21/h4-10,13H,3,11-12H2,1-2H3. The highest BCUT2D eigenvalue weighted by Crippen LogP contribution is 2.35. The highest BCUT2D eigenvalue weighted by atomic mass is 32.2. The van der Waals surface area contributed by atoms with E-state index >= 15 is 0 Å². The Kier molecular flexibility index (Phi) is 4.67. The Morgan fingerprint density at radius 1 is 1.20 bits per heavy atom. The topological polar surface area (TPSA) is 66.9 Å². The van der Waals surface area contributed by atoms with Crippen molar-refractivity contribution >= 4 is 27.3 Å². The minimum Gasteiger partial charge on any atom is -0.489 e. The summed E-state index contributed by atoms with van der Waals surface area (Å²) in [5.74, 6) is 0.311. The number of amides is 1. The average molecular weight is 360 g/mol. The van der Waals surface area contributed by atoms with Crippen LogP contribution < -0.4 is 13.9 Å². The number of para-hydroxylation sites is 1. The van der Waals surface area contributed by atoms with Crippen LogP contribution in [-0.4, -0.2) is 34.0 Å². The average Bonchev–Trinajstić information content (AvgIpc) is 2.62. The van der Waals surface area contributed by atoms with Crippen LogP contribution >= 0.6 is 0 Å². The number of sulfonamides is 1. The summed E-state index contributed by atoms with van der Waals surface area (Å²) in [7, 11) is -3.73. The van der Waals surface area contributed by atoms with Crippen molar-refractivity contribution in [1.82, 2.24) is 0 Å². The lowest BCUT2D eigenvalue weighted by molar-refractivity contribution is -0.116. The van der Waals surface area contributed by atoms with E-state index < -0.39 is 10.0 Å². The lowest BCUT2D eigenvalue weighted by atomic mass is 10.2. The maximum absolute atomic E-state index is 13.1. The molecule has 2 aromatic carbocycles. The third-order valence-corrected chi connectivity index (χ3v) is 5.99. The van der Waals surface area contributed by atoms with Gasteiger partial charge in [0.05, 0.1) is 22.8 Å². The molecule has 7 heteroatoms. The number of nitrogens with zero attached hydrogens (tertiary/aromatic N) is 2. The number of fused-ring (bicyclic) bond motifs is 1. The molecule has 6 nitrogen and oxygen atoms in total. The molecule has 0 aliphatic carbocycles. The van der Waals surface area contributed by atoms with Crippen LogP contribution in [-0.2, 0) is 14.8 Å². The van der Waals surface area contributed by atoms with Gasteiger partial charge in [0.1, 0.15) is 12.4 Å². The first-order chi connectivity index (χ1) is 11.9. The zero-order valence-electron chi connectivity index (χ0n) is 14.2. The Balaban J connectivity index is 2.02. The van der Waals surface area contributed by atoms with Gasteiger partial charge in [0.2, 0.25) is 5.91 Å². The normalized spacial score (nSPS) is 13.8. The van der Waals surface area contributed by atoms with Crippen LogP contribution in [0.5, 0.6) is 5.75 Å². The highest BCUT2D eigenvalue weighted by molar-refractivity contribution is 7.92. The van der Waals surface area contributed by atoms with E-state index in [2.05, 4.69) is 0 Å². The van der Waals surface area contributed by atoms with Gasteiger partial charge in [0, 0.05) is 19.5 Å². The number of anilines is 2. The number of benzene rings is 2. The van der Waals surface area contributed by atoms with Crippen molar-refractivity contribution in [3.63, 3.8) is 0 Å². The van der Waals surface area contributed by atoms with Crippen LogP contribution in [0.3, 0.4) is 0 Å². The number of hydrogen-bond donors (Lipinski definition) is 0. The van der Waals surface area contributed by atoms with Gasteiger partial charge in [-0.15, -0.1) is 0 Å². The second kappa shape index (κ2) is 6.76. The van der Waals surface area contributed by atoms with Crippen LogP contribution in [0, 0.1) is 0 Å². The Morgan fingerprint density at radius 3 is 2.56 bits per heavy atom. The van der Waals surface area contributed by atoms with E-state index in [1.54, 1.807) is 42.2 Å². The quantitative estimate of drug-likeness (QED) is 0.841. The van der Waals surface area contributed by atoms with E-state index in [9.17, 15) is 13.2 Å². The molecule has 0 radical (unpaired) electrons. The summed E-state index contributed by atoms with van der Waals surface area (Å²) in [4.78, 5) is 13.5. The van der Waals surface area contributed by atoms with Crippen molar-refractivity contribution in [1.29, 1.82) is 0 Å². The summed E-state index contributed by atoms with van der Waals surface area (Å²) in [5, 5.41) is 0. The first kappa shape index (κ1) is 17.3. The van der Waals surface area contributed by atoms with Gasteiger partial charge >= 0.3 is 0 Å². The van der Waals surface area contributed by atoms with Gasteiger partial charge in [-0.1, -0.05) is 18.2 Å². The molecule has 0 unspecified atom stereocenters. The summed E-state index contributed by atoms with van der Waals surface area (Å²) in [6.07, 6.45) is 0. The monoisotopic (exact) mass is 360 g/mol. The molecule has 0 N–H and O–H groups in total. The molecule has 132 valence electrons. The molecule has 0 atom stereocenters. The predicted octanol–water partition coefficient (Wildman–Crippen LogP) is 2.65. The van der Waals surface area contributed by atoms with Crippen LogP contribution in [0.1, 0.15) is 13.8 Å². The van der Waals surface area contributed by atoms with Gasteiger partial charge < -0.3 is 9.64 Å². The molecule has 0 saturated carbocycles. The molecule has 1 aliphatic heterocycles. The SMILES string of the molecule is CCN(c1ccccc1)S(=O)(=O)c1ccc2c(c1)OCCN2C(C)=O. The highest BCUT2D eigenvalue weighted by Gasteiger charge is 2.27. The van der Waals surface area contributed by atoms with Gasteiger partial charge in [-0.05, 0) is 31.2 Å². The van der Waals surface area contributed by atoms with Crippen molar-refractivity contribution < 1.29 is 17.9 Å². The number of carbonyl (C=O) groups excluding carboxylic acids is 1. The first-order valence-corrected chi connectivity index (χ1v) is 9.52. The van der Waals surface area contributed by atoms with E-state index in [1.165, 1.54) is 23.4 Å². The van der Waals surface area contributed by atoms with Crippen molar-refractivity contribution in [2.45, 2.75) is 18.7 Å². The lowest BCUT2D eigenvalue weighted by Crippen LogP contribution is -2.36. The third-order valence-electron chi connectivity index (χ3n) is 4.09. The maximum atomic E-state index is 13.1. The minimum atomic E-state index is -3.73. The van der Waals surface area contributed by atoms with Crippen molar-refractivity contribution in [3.8, 4) is 5.75 Å². The number of hydrogen-bond acceptors (Lipinski definition) is 4. The largest absolute Gasteiger partial charge is 0.489 e. The number of ether oxygens (including phenoxy) is 1. The van der Waals surface area contributed by atoms with Crippen molar-refractivity contribution in [2.24, 2.45) is 0 Å². The van der Waals surface area contributed by atoms with Crippen molar-refractivity contribution in [2.75, 3.05) is 28.9 Å². The first-order valence-electron chi connectivity index (χ1n) is 8.08. The maximum Gasteiger partial charge on any atom is 0.264 e. The molecular formula is C18H20N2O4S. The van der Waals surface area contributed by atoms with E-state index in [0.29, 0.717) is 36.8 Å². The second-order valence-electron chi connectivity index (χ2n) is 5.65. The summed E-state index contributed by atoms with van der Waals surface area (Å²) < 4.78 is 33.0. The van der Waals surface area contributed by atoms with E-state index in [4.69, 9.17) is 4.74 Å². The Morgan fingerprint density at radius 2 is 1.92 bits per heavy atom. The van der Waals surface area contributed by atoms with Gasteiger partial charge in [-0.25, -0.2) is 8.42 Å². The van der Waals surface area contributed by atoms with Gasteiger partial charge in [0.25, 0.3) is 10.0 Å². The summed E-state index contributed by atoms with van der Waals surface area (Å²) in [5.41, 5.74) is 1.20. The fourth-order valence-corrected chi connectivity index (χ4v) is 4.39. The summed E-state index contributed by atoms with van der Waals surface area (Å²) in [6, 6.07) is 13.6. The smallest absolute Gasteiger partial charge is 0.264 e. The Bertz CT molecular complexity index is 881. The van der Waals surface area contributed by atoms with Crippen LogP contribution in [0.25, 0.3) is 0 Å². The molecule has 0 spiro atoms.